The summed E-state index contributed by atoms with van der Waals surface area (Å²) in [5.41, 5.74) is -0.762. The van der Waals surface area contributed by atoms with Crippen LogP contribution in [0.25, 0.3) is 0 Å². The lowest BCUT2D eigenvalue weighted by Crippen LogP contribution is -2.50. The van der Waals surface area contributed by atoms with Crippen molar-refractivity contribution < 1.29 is 19.2 Å². The summed E-state index contributed by atoms with van der Waals surface area (Å²) in [7, 11) is 2.71. The highest BCUT2D eigenvalue weighted by Gasteiger charge is 2.43. The number of benzene rings is 1. The summed E-state index contributed by atoms with van der Waals surface area (Å²) in [6.07, 6.45) is 3.39. The molecule has 0 aliphatic heterocycles. The van der Waals surface area contributed by atoms with E-state index in [9.17, 15) is 19.5 Å². The van der Waals surface area contributed by atoms with Gasteiger partial charge in [0.25, 0.3) is 11.6 Å². The fraction of sp³-hybridized carbons (Fsp3) is 0.273. The van der Waals surface area contributed by atoms with Gasteiger partial charge in [-0.2, -0.15) is 4.57 Å². The van der Waals surface area contributed by atoms with E-state index in [1.54, 1.807) is 66.3 Å². The molecule has 3 rings (SSSR count). The highest BCUT2D eigenvalue weighted by molar-refractivity contribution is 5.75. The van der Waals surface area contributed by atoms with Gasteiger partial charge in [-0.1, -0.05) is 36.4 Å². The van der Waals surface area contributed by atoms with Gasteiger partial charge < -0.3 is 9.84 Å². The number of hydrogen-bond donors (Lipinski definition) is 1. The lowest BCUT2D eigenvalue weighted by molar-refractivity contribution is -0.712. The Morgan fingerprint density at radius 2 is 1.63 bits per heavy atom. The van der Waals surface area contributed by atoms with Gasteiger partial charge in [-0.15, -0.1) is 0 Å². The van der Waals surface area contributed by atoms with Crippen molar-refractivity contribution >= 4 is 5.97 Å². The molecule has 156 valence electrons. The van der Waals surface area contributed by atoms with Gasteiger partial charge in [0, 0.05) is 26.2 Å². The van der Waals surface area contributed by atoms with Gasteiger partial charge in [-0.3, -0.25) is 13.9 Å². The van der Waals surface area contributed by atoms with Crippen molar-refractivity contribution in [2.24, 2.45) is 14.1 Å². The minimum Gasteiger partial charge on any atom is -0.494 e. The fourth-order valence-corrected chi connectivity index (χ4v) is 3.55. The molecule has 0 saturated carbocycles. The lowest BCUT2D eigenvalue weighted by Gasteiger charge is -2.23. The van der Waals surface area contributed by atoms with Crippen LogP contribution in [0.5, 0.6) is 5.88 Å². The molecular weight excluding hydrogens is 386 g/mol. The van der Waals surface area contributed by atoms with Crippen molar-refractivity contribution in [1.82, 2.24) is 9.13 Å². The summed E-state index contributed by atoms with van der Waals surface area (Å²) in [5.74, 6) is -1.94. The summed E-state index contributed by atoms with van der Waals surface area (Å²) in [4.78, 5) is 38.5. The van der Waals surface area contributed by atoms with E-state index in [1.807, 2.05) is 6.07 Å². The zero-order chi connectivity index (χ0) is 21.8. The smallest absolute Gasteiger partial charge is 0.376 e. The molecule has 0 radical (unpaired) electrons. The number of aromatic hydroxyl groups is 1. The van der Waals surface area contributed by atoms with Gasteiger partial charge in [0.15, 0.2) is 12.4 Å². The molecule has 0 aliphatic carbocycles. The number of aromatic nitrogens is 3. The zero-order valence-corrected chi connectivity index (χ0v) is 17.1. The Bertz CT molecular complexity index is 1150. The number of nitrogens with zero attached hydrogens (tertiary/aromatic N) is 3. The number of rotatable bonds is 6. The number of carbonyl (C=O) groups is 1. The third-order valence-corrected chi connectivity index (χ3v) is 5.04. The molecule has 2 unspecified atom stereocenters. The maximum Gasteiger partial charge on any atom is 0.376 e. The molecule has 2 heterocycles. The van der Waals surface area contributed by atoms with Crippen molar-refractivity contribution in [3.05, 3.63) is 92.9 Å². The van der Waals surface area contributed by atoms with E-state index in [2.05, 4.69) is 0 Å². The number of pyridine rings is 1. The number of carbonyl (C=O) groups excluding carboxylic acids is 1. The minimum absolute atomic E-state index is 0.0554. The SMILES string of the molecule is CCOC(=O)C(C(c1ccccc1)c1c(O)n(C)c(=O)n(C)c1=O)[n+]1ccccc1. The standard InChI is InChI=1S/C22H23N3O5/c1-4-30-21(28)18(25-13-9-6-10-14-25)16(15-11-7-5-8-12-15)17-19(26)23(2)22(29)24(3)20(17)27/h5-14,16,18H,4H2,1-3H3/p+1. The topological polar surface area (TPSA) is 94.4 Å². The molecular formula is C22H24N3O5+. The highest BCUT2D eigenvalue weighted by Crippen LogP contribution is 2.35. The van der Waals surface area contributed by atoms with Gasteiger partial charge in [0.05, 0.1) is 18.1 Å². The van der Waals surface area contributed by atoms with Crippen LogP contribution in [-0.4, -0.2) is 26.8 Å². The first-order valence-electron chi connectivity index (χ1n) is 9.54. The second-order valence-electron chi connectivity index (χ2n) is 6.85. The first-order chi connectivity index (χ1) is 14.4. The molecule has 8 nitrogen and oxygen atoms in total. The Morgan fingerprint density at radius 1 is 1.03 bits per heavy atom. The average molecular weight is 410 g/mol. The van der Waals surface area contributed by atoms with E-state index in [-0.39, 0.29) is 12.2 Å². The molecule has 0 spiro atoms. The Labute approximate surface area is 173 Å². The van der Waals surface area contributed by atoms with Gasteiger partial charge in [-0.25, -0.2) is 9.59 Å². The second-order valence-corrected chi connectivity index (χ2v) is 6.85. The van der Waals surface area contributed by atoms with Crippen LogP contribution in [-0.2, 0) is 23.6 Å². The Kier molecular flexibility index (Phi) is 6.15. The summed E-state index contributed by atoms with van der Waals surface area (Å²) in [6, 6.07) is 13.2. The number of hydrogen-bond acceptors (Lipinski definition) is 5. The van der Waals surface area contributed by atoms with Crippen LogP contribution >= 0.6 is 0 Å². The van der Waals surface area contributed by atoms with Crippen LogP contribution in [0.1, 0.15) is 30.0 Å². The van der Waals surface area contributed by atoms with Crippen LogP contribution in [0.15, 0.2) is 70.5 Å². The zero-order valence-electron chi connectivity index (χ0n) is 17.1. The van der Waals surface area contributed by atoms with Gasteiger partial charge in [-0.05, 0) is 12.5 Å². The molecule has 0 bridgehead atoms. The summed E-state index contributed by atoms with van der Waals surface area (Å²) in [6.45, 7) is 1.85. The number of ether oxygens (including phenoxy) is 1. The molecule has 0 fully saturated rings. The molecule has 1 N–H and O–H groups in total. The molecule has 1 aromatic carbocycles. The van der Waals surface area contributed by atoms with Gasteiger partial charge >= 0.3 is 11.7 Å². The van der Waals surface area contributed by atoms with Crippen molar-refractivity contribution in [3.8, 4) is 5.88 Å². The van der Waals surface area contributed by atoms with E-state index in [1.165, 1.54) is 14.1 Å². The van der Waals surface area contributed by atoms with E-state index in [0.717, 1.165) is 9.13 Å². The predicted molar refractivity (Wildman–Crippen MR) is 109 cm³/mol. The van der Waals surface area contributed by atoms with Crippen LogP contribution < -0.4 is 15.8 Å². The Morgan fingerprint density at radius 3 is 2.23 bits per heavy atom. The molecule has 30 heavy (non-hydrogen) atoms. The summed E-state index contributed by atoms with van der Waals surface area (Å²) >= 11 is 0. The number of esters is 1. The predicted octanol–water partition coefficient (Wildman–Crippen LogP) is 1.01. The normalized spacial score (nSPS) is 12.9. The first-order valence-corrected chi connectivity index (χ1v) is 9.54. The van der Waals surface area contributed by atoms with Gasteiger partial charge in [0.1, 0.15) is 0 Å². The van der Waals surface area contributed by atoms with Crippen LogP contribution in [0.3, 0.4) is 0 Å². The van der Waals surface area contributed by atoms with Crippen LogP contribution in [0.2, 0.25) is 0 Å². The van der Waals surface area contributed by atoms with E-state index < -0.39 is 35.1 Å². The maximum atomic E-state index is 13.1. The molecule has 0 amide bonds. The van der Waals surface area contributed by atoms with Gasteiger partial charge in [0.2, 0.25) is 5.88 Å². The monoisotopic (exact) mass is 410 g/mol. The summed E-state index contributed by atoms with van der Waals surface area (Å²) in [5, 5.41) is 10.8. The van der Waals surface area contributed by atoms with E-state index >= 15 is 0 Å². The molecule has 0 aliphatic rings. The minimum atomic E-state index is -0.982. The van der Waals surface area contributed by atoms with Crippen LogP contribution in [0, 0.1) is 0 Å². The molecule has 8 heteroatoms. The third-order valence-electron chi connectivity index (χ3n) is 5.04. The summed E-state index contributed by atoms with van der Waals surface area (Å²) < 4.78 is 8.88. The van der Waals surface area contributed by atoms with Crippen LogP contribution in [0.4, 0.5) is 0 Å². The highest BCUT2D eigenvalue weighted by atomic mass is 16.5. The third kappa shape index (κ3) is 3.76. The average Bonchev–Trinajstić information content (AvgIpc) is 2.77. The Hall–Kier alpha value is -3.68. The molecule has 0 saturated heterocycles. The second kappa shape index (κ2) is 8.77. The molecule has 3 aromatic rings. The first kappa shape index (κ1) is 21.0. The van der Waals surface area contributed by atoms with Crippen molar-refractivity contribution in [1.29, 1.82) is 0 Å². The lowest BCUT2D eigenvalue weighted by atomic mass is 9.85. The van der Waals surface area contributed by atoms with Crippen molar-refractivity contribution in [3.63, 3.8) is 0 Å². The quantitative estimate of drug-likeness (QED) is 0.484. The molecule has 2 aromatic heterocycles. The largest absolute Gasteiger partial charge is 0.494 e. The van der Waals surface area contributed by atoms with Crippen molar-refractivity contribution in [2.45, 2.75) is 18.9 Å². The molecule has 2 atom stereocenters. The fourth-order valence-electron chi connectivity index (χ4n) is 3.55. The van der Waals surface area contributed by atoms with E-state index in [0.29, 0.717) is 5.56 Å². The Balaban J connectivity index is 2.38. The van der Waals surface area contributed by atoms with E-state index in [4.69, 9.17) is 4.74 Å². The van der Waals surface area contributed by atoms with Crippen molar-refractivity contribution in [2.75, 3.05) is 6.61 Å². The maximum absolute atomic E-state index is 13.1.